The Morgan fingerprint density at radius 3 is 2.48 bits per heavy atom. The summed E-state index contributed by atoms with van der Waals surface area (Å²) in [4.78, 5) is 4.12. The van der Waals surface area contributed by atoms with Gasteiger partial charge in [0.05, 0.1) is 20.1 Å². The minimum absolute atomic E-state index is 0.0605. The monoisotopic (exact) mass is 369 g/mol. The Bertz CT molecular complexity index is 565. The molecular weight excluding hydrogens is 349 g/mol. The zero-order valence-corrected chi connectivity index (χ0v) is 13.8. The lowest BCUT2D eigenvalue weighted by Gasteiger charge is -2.13. The third-order valence-electron chi connectivity index (χ3n) is 2.91. The highest BCUT2D eigenvalue weighted by Gasteiger charge is 2.26. The Morgan fingerprint density at radius 1 is 1.20 bits per heavy atom. The van der Waals surface area contributed by atoms with Crippen LogP contribution in [-0.2, 0) is 6.54 Å². The van der Waals surface area contributed by atoms with E-state index in [4.69, 9.17) is 4.74 Å². The normalized spacial score (nSPS) is 12.2. The summed E-state index contributed by atoms with van der Waals surface area (Å²) in [6.45, 7) is -1.04. The van der Waals surface area contributed by atoms with Crippen molar-refractivity contribution in [1.29, 1.82) is 0 Å². The maximum Gasteiger partial charge on any atom is 0.390 e. The number of methoxy groups -OCH3 is 1. The summed E-state index contributed by atoms with van der Waals surface area (Å²) in [5.74, 6) is 0.197. The molecule has 0 saturated heterocycles. The van der Waals surface area contributed by atoms with Gasteiger partial charge in [-0.25, -0.2) is 4.99 Å². The van der Waals surface area contributed by atoms with Gasteiger partial charge in [0.1, 0.15) is 0 Å². The predicted octanol–water partition coefficient (Wildman–Crippen LogP) is 3.30. The lowest BCUT2D eigenvalue weighted by Crippen LogP contribution is -2.38. The van der Waals surface area contributed by atoms with Gasteiger partial charge in [-0.2, -0.15) is 22.0 Å². The van der Waals surface area contributed by atoms with Gasteiger partial charge >= 0.3 is 12.8 Å². The molecule has 0 aliphatic carbocycles. The molecule has 1 aromatic rings. The smallest absolute Gasteiger partial charge is 0.390 e. The van der Waals surface area contributed by atoms with E-state index in [1.54, 1.807) is 13.0 Å². The molecule has 0 unspecified atom stereocenters. The summed E-state index contributed by atoms with van der Waals surface area (Å²) < 4.78 is 70.6. The van der Waals surface area contributed by atoms with Crippen LogP contribution in [0.25, 0.3) is 0 Å². The molecule has 0 amide bonds. The molecule has 0 fully saturated rings. The molecule has 0 bridgehead atoms. The van der Waals surface area contributed by atoms with Gasteiger partial charge in [0, 0.05) is 13.1 Å². The Morgan fingerprint density at radius 2 is 1.92 bits per heavy atom. The fourth-order valence-corrected chi connectivity index (χ4v) is 1.84. The van der Waals surface area contributed by atoms with E-state index in [0.717, 1.165) is 0 Å². The van der Waals surface area contributed by atoms with Gasteiger partial charge in [-0.3, -0.25) is 0 Å². The number of benzene rings is 1. The molecule has 0 atom stereocenters. The van der Waals surface area contributed by atoms with E-state index in [9.17, 15) is 22.0 Å². The second-order valence-electron chi connectivity index (χ2n) is 4.85. The van der Waals surface area contributed by atoms with Crippen LogP contribution in [0.2, 0.25) is 0 Å². The van der Waals surface area contributed by atoms with Gasteiger partial charge in [-0.15, -0.1) is 0 Å². The maximum atomic E-state index is 12.4. The van der Waals surface area contributed by atoms with E-state index in [1.165, 1.54) is 19.2 Å². The number of hydrogen-bond donors (Lipinski definition) is 2. The average Bonchev–Trinajstić information content (AvgIpc) is 2.51. The molecule has 0 radical (unpaired) electrons. The van der Waals surface area contributed by atoms with Crippen LogP contribution in [0.5, 0.6) is 11.5 Å². The van der Waals surface area contributed by atoms with Crippen molar-refractivity contribution < 1.29 is 31.4 Å². The summed E-state index contributed by atoms with van der Waals surface area (Å²) in [5, 5.41) is 5.36. The molecule has 2 N–H and O–H groups in total. The van der Waals surface area contributed by atoms with Crippen LogP contribution in [0.1, 0.15) is 18.9 Å². The van der Waals surface area contributed by atoms with Crippen LogP contribution in [0.4, 0.5) is 22.0 Å². The second-order valence-corrected chi connectivity index (χ2v) is 4.85. The van der Waals surface area contributed by atoms with E-state index in [-0.39, 0.29) is 30.5 Å². The Kier molecular flexibility index (Phi) is 8.23. The molecule has 0 aliphatic heterocycles. The van der Waals surface area contributed by atoms with Crippen molar-refractivity contribution in [2.45, 2.75) is 32.7 Å². The summed E-state index contributed by atoms with van der Waals surface area (Å²) in [7, 11) is 1.32. The lowest BCUT2D eigenvalue weighted by molar-refractivity contribution is -0.132. The van der Waals surface area contributed by atoms with Crippen molar-refractivity contribution in [3.63, 3.8) is 0 Å². The van der Waals surface area contributed by atoms with Crippen LogP contribution in [-0.4, -0.2) is 38.9 Å². The Hall–Kier alpha value is -2.26. The summed E-state index contributed by atoms with van der Waals surface area (Å²) in [5.41, 5.74) is 0.532. The number of aliphatic imine (C=N–C) groups is 1. The quantitative estimate of drug-likeness (QED) is 0.419. The van der Waals surface area contributed by atoms with Crippen molar-refractivity contribution in [1.82, 2.24) is 10.6 Å². The van der Waals surface area contributed by atoms with Gasteiger partial charge in [-0.1, -0.05) is 6.07 Å². The molecular formula is C15H20F5N3O2. The zero-order chi connectivity index (χ0) is 18.9. The average molecular weight is 369 g/mol. The van der Waals surface area contributed by atoms with Gasteiger partial charge in [0.25, 0.3) is 0 Å². The Labute approximate surface area is 142 Å². The molecule has 142 valence electrons. The van der Waals surface area contributed by atoms with E-state index >= 15 is 0 Å². The molecule has 0 heterocycles. The SMILES string of the molecule is CCNC(=NCc1ccc(OC)c(OC(F)F)c1)NCCC(F)(F)F. The van der Waals surface area contributed by atoms with Crippen molar-refractivity contribution in [2.24, 2.45) is 4.99 Å². The first-order valence-corrected chi connectivity index (χ1v) is 7.45. The lowest BCUT2D eigenvalue weighted by atomic mass is 10.2. The fraction of sp³-hybridized carbons (Fsp3) is 0.533. The first kappa shape index (κ1) is 20.8. The zero-order valence-electron chi connectivity index (χ0n) is 13.8. The van der Waals surface area contributed by atoms with Gasteiger partial charge in [0.15, 0.2) is 17.5 Å². The molecule has 0 saturated carbocycles. The first-order valence-electron chi connectivity index (χ1n) is 7.45. The number of ether oxygens (including phenoxy) is 2. The van der Waals surface area contributed by atoms with Crippen molar-refractivity contribution in [2.75, 3.05) is 20.2 Å². The van der Waals surface area contributed by atoms with Crippen LogP contribution < -0.4 is 20.1 Å². The highest BCUT2D eigenvalue weighted by Crippen LogP contribution is 2.29. The number of nitrogens with one attached hydrogen (secondary N) is 2. The molecule has 10 heteroatoms. The molecule has 0 spiro atoms. The maximum absolute atomic E-state index is 12.4. The standard InChI is InChI=1S/C15H20F5N3O2/c1-3-21-14(22-7-6-15(18,19)20)23-9-10-4-5-11(24-2)12(8-10)25-13(16)17/h4-5,8,13H,3,6-7,9H2,1-2H3,(H2,21,22,23). The number of alkyl halides is 5. The van der Waals surface area contributed by atoms with Crippen LogP contribution in [0, 0.1) is 0 Å². The molecule has 0 aromatic heterocycles. The van der Waals surface area contributed by atoms with Crippen molar-refractivity contribution >= 4 is 5.96 Å². The first-order chi connectivity index (χ1) is 11.7. The summed E-state index contributed by atoms with van der Waals surface area (Å²) in [6.07, 6.45) is -5.26. The molecule has 25 heavy (non-hydrogen) atoms. The molecule has 1 rings (SSSR count). The highest BCUT2D eigenvalue weighted by molar-refractivity contribution is 5.79. The van der Waals surface area contributed by atoms with Crippen LogP contribution in [0.15, 0.2) is 23.2 Å². The third kappa shape index (κ3) is 8.41. The van der Waals surface area contributed by atoms with Crippen LogP contribution in [0.3, 0.4) is 0 Å². The Balaban J connectivity index is 2.77. The minimum Gasteiger partial charge on any atom is -0.493 e. The number of rotatable bonds is 8. The van der Waals surface area contributed by atoms with Crippen LogP contribution >= 0.6 is 0 Å². The molecule has 1 aromatic carbocycles. The highest BCUT2D eigenvalue weighted by atomic mass is 19.4. The third-order valence-corrected chi connectivity index (χ3v) is 2.91. The van der Waals surface area contributed by atoms with Crippen molar-refractivity contribution in [3.8, 4) is 11.5 Å². The van der Waals surface area contributed by atoms with Gasteiger partial charge < -0.3 is 20.1 Å². The van der Waals surface area contributed by atoms with E-state index in [0.29, 0.717) is 12.1 Å². The predicted molar refractivity (Wildman–Crippen MR) is 83.1 cm³/mol. The summed E-state index contributed by atoms with van der Waals surface area (Å²) >= 11 is 0. The molecule has 5 nitrogen and oxygen atoms in total. The number of halogens is 5. The van der Waals surface area contributed by atoms with Gasteiger partial charge in [0.2, 0.25) is 0 Å². The fourth-order valence-electron chi connectivity index (χ4n) is 1.84. The largest absolute Gasteiger partial charge is 0.493 e. The van der Waals surface area contributed by atoms with Gasteiger partial charge in [-0.05, 0) is 24.6 Å². The minimum atomic E-state index is -4.26. The summed E-state index contributed by atoms with van der Waals surface area (Å²) in [6, 6.07) is 4.39. The number of nitrogens with zero attached hydrogens (tertiary/aromatic N) is 1. The molecule has 0 aliphatic rings. The van der Waals surface area contributed by atoms with E-state index in [1.807, 2.05) is 0 Å². The van der Waals surface area contributed by atoms with Crippen molar-refractivity contribution in [3.05, 3.63) is 23.8 Å². The second kappa shape index (κ2) is 9.90. The number of guanidine groups is 1. The number of hydrogen-bond acceptors (Lipinski definition) is 3. The topological polar surface area (TPSA) is 54.9 Å². The van der Waals surface area contributed by atoms with E-state index < -0.39 is 19.2 Å². The van der Waals surface area contributed by atoms with E-state index in [2.05, 4.69) is 20.4 Å².